The van der Waals surface area contributed by atoms with E-state index >= 15 is 0 Å². The molecule has 0 amide bonds. The standard InChI is InChI=1S/C12H17ClN4O2/c1-15(2)7-9-3-4-16(8-9)12-11(13)5-10(6-14-12)17(18)19/h5-6,9H,3-4,7-8H2,1-2H3. The number of hydrogen-bond donors (Lipinski definition) is 0. The Morgan fingerprint density at radius 2 is 2.37 bits per heavy atom. The molecule has 0 bridgehead atoms. The molecule has 1 atom stereocenters. The predicted octanol–water partition coefficient (Wildman–Crippen LogP) is 2.03. The van der Waals surface area contributed by atoms with Gasteiger partial charge in [-0.1, -0.05) is 11.6 Å². The van der Waals surface area contributed by atoms with Gasteiger partial charge in [0.15, 0.2) is 0 Å². The SMILES string of the molecule is CN(C)CC1CCN(c2ncc([N+](=O)[O-])cc2Cl)C1. The zero-order chi connectivity index (χ0) is 14.0. The molecule has 1 aromatic heterocycles. The molecule has 1 aliphatic rings. The summed E-state index contributed by atoms with van der Waals surface area (Å²) >= 11 is 6.09. The van der Waals surface area contributed by atoms with Gasteiger partial charge in [0.05, 0.1) is 9.95 Å². The van der Waals surface area contributed by atoms with Crippen molar-refractivity contribution in [1.82, 2.24) is 9.88 Å². The van der Waals surface area contributed by atoms with Crippen LogP contribution in [0, 0.1) is 16.0 Å². The quantitative estimate of drug-likeness (QED) is 0.625. The van der Waals surface area contributed by atoms with Gasteiger partial charge in [-0.3, -0.25) is 10.1 Å². The highest BCUT2D eigenvalue weighted by atomic mass is 35.5. The predicted molar refractivity (Wildman–Crippen MR) is 74.8 cm³/mol. The lowest BCUT2D eigenvalue weighted by Crippen LogP contribution is -2.26. The Hall–Kier alpha value is -1.40. The van der Waals surface area contributed by atoms with Crippen LogP contribution in [0.4, 0.5) is 11.5 Å². The van der Waals surface area contributed by atoms with Crippen molar-refractivity contribution >= 4 is 23.1 Å². The Kier molecular flexibility index (Phi) is 4.21. The van der Waals surface area contributed by atoms with E-state index in [9.17, 15) is 10.1 Å². The molecule has 6 nitrogen and oxygen atoms in total. The van der Waals surface area contributed by atoms with Gasteiger partial charge in [-0.05, 0) is 26.4 Å². The fourth-order valence-corrected chi connectivity index (χ4v) is 2.72. The summed E-state index contributed by atoms with van der Waals surface area (Å²) in [6, 6.07) is 1.36. The molecule has 19 heavy (non-hydrogen) atoms. The monoisotopic (exact) mass is 284 g/mol. The summed E-state index contributed by atoms with van der Waals surface area (Å²) in [4.78, 5) is 18.6. The molecule has 1 aromatic rings. The van der Waals surface area contributed by atoms with Gasteiger partial charge in [-0.15, -0.1) is 0 Å². The molecule has 1 aliphatic heterocycles. The van der Waals surface area contributed by atoms with E-state index in [1.807, 2.05) is 0 Å². The van der Waals surface area contributed by atoms with Gasteiger partial charge >= 0.3 is 0 Å². The van der Waals surface area contributed by atoms with Crippen LogP contribution in [0.25, 0.3) is 0 Å². The minimum atomic E-state index is -0.485. The molecule has 0 N–H and O–H groups in total. The highest BCUT2D eigenvalue weighted by molar-refractivity contribution is 6.33. The maximum Gasteiger partial charge on any atom is 0.289 e. The van der Waals surface area contributed by atoms with Crippen molar-refractivity contribution in [3.8, 4) is 0 Å². The van der Waals surface area contributed by atoms with Gasteiger partial charge in [0.25, 0.3) is 5.69 Å². The Morgan fingerprint density at radius 1 is 1.63 bits per heavy atom. The van der Waals surface area contributed by atoms with Gasteiger partial charge in [0, 0.05) is 25.7 Å². The molecule has 0 radical (unpaired) electrons. The molecule has 104 valence electrons. The van der Waals surface area contributed by atoms with Gasteiger partial charge < -0.3 is 9.80 Å². The number of nitrogens with zero attached hydrogens (tertiary/aromatic N) is 4. The zero-order valence-corrected chi connectivity index (χ0v) is 11.8. The number of aromatic nitrogens is 1. The second-order valence-corrected chi connectivity index (χ2v) is 5.53. The second-order valence-electron chi connectivity index (χ2n) is 5.12. The molecule has 0 spiro atoms. The average molecular weight is 285 g/mol. The van der Waals surface area contributed by atoms with Crippen LogP contribution in [0.5, 0.6) is 0 Å². The fraction of sp³-hybridized carbons (Fsp3) is 0.583. The zero-order valence-electron chi connectivity index (χ0n) is 11.0. The van der Waals surface area contributed by atoms with Crippen LogP contribution in [-0.4, -0.2) is 48.5 Å². The van der Waals surface area contributed by atoms with E-state index in [-0.39, 0.29) is 5.69 Å². The van der Waals surface area contributed by atoms with Crippen LogP contribution in [0.15, 0.2) is 12.3 Å². The lowest BCUT2D eigenvalue weighted by molar-refractivity contribution is -0.385. The summed E-state index contributed by atoms with van der Waals surface area (Å²) in [5.74, 6) is 1.23. The van der Waals surface area contributed by atoms with E-state index in [2.05, 4.69) is 28.9 Å². The van der Waals surface area contributed by atoms with E-state index in [1.54, 1.807) is 0 Å². The first kappa shape index (κ1) is 14.0. The summed E-state index contributed by atoms with van der Waals surface area (Å²) in [6.07, 6.45) is 2.35. The normalized spacial score (nSPS) is 19.2. The van der Waals surface area contributed by atoms with Crippen LogP contribution < -0.4 is 4.90 Å². The first-order valence-corrected chi connectivity index (χ1v) is 6.54. The summed E-state index contributed by atoms with van der Waals surface area (Å²) in [5.41, 5.74) is -0.0715. The van der Waals surface area contributed by atoms with Gasteiger partial charge in [-0.2, -0.15) is 0 Å². The average Bonchev–Trinajstić information content (AvgIpc) is 2.76. The number of rotatable bonds is 4. The minimum Gasteiger partial charge on any atom is -0.355 e. The van der Waals surface area contributed by atoms with Crippen LogP contribution in [0.3, 0.4) is 0 Å². The molecule has 0 saturated carbocycles. The summed E-state index contributed by atoms with van der Waals surface area (Å²) in [5, 5.41) is 11.0. The van der Waals surface area contributed by atoms with E-state index in [1.165, 1.54) is 12.3 Å². The maximum absolute atomic E-state index is 10.6. The second kappa shape index (κ2) is 5.71. The molecule has 1 unspecified atom stereocenters. The van der Waals surface area contributed by atoms with Crippen molar-refractivity contribution in [3.63, 3.8) is 0 Å². The van der Waals surface area contributed by atoms with E-state index < -0.39 is 4.92 Å². The van der Waals surface area contributed by atoms with Crippen molar-refractivity contribution < 1.29 is 4.92 Å². The fourth-order valence-electron chi connectivity index (χ4n) is 2.44. The third-order valence-electron chi connectivity index (χ3n) is 3.23. The van der Waals surface area contributed by atoms with Crippen molar-refractivity contribution in [2.45, 2.75) is 6.42 Å². The number of hydrogen-bond acceptors (Lipinski definition) is 5. The molecular weight excluding hydrogens is 268 g/mol. The van der Waals surface area contributed by atoms with Gasteiger partial charge in [-0.25, -0.2) is 4.98 Å². The Morgan fingerprint density at radius 3 is 2.95 bits per heavy atom. The summed E-state index contributed by atoms with van der Waals surface area (Å²) in [6.45, 7) is 2.81. The third kappa shape index (κ3) is 3.33. The van der Waals surface area contributed by atoms with Crippen molar-refractivity contribution in [2.24, 2.45) is 5.92 Å². The van der Waals surface area contributed by atoms with E-state index in [0.29, 0.717) is 16.8 Å². The minimum absolute atomic E-state index is 0.0715. The van der Waals surface area contributed by atoms with Crippen molar-refractivity contribution in [3.05, 3.63) is 27.4 Å². The Bertz CT molecular complexity index is 481. The lowest BCUT2D eigenvalue weighted by atomic mass is 10.1. The maximum atomic E-state index is 10.6. The number of halogens is 1. The highest BCUT2D eigenvalue weighted by Gasteiger charge is 2.26. The van der Waals surface area contributed by atoms with Crippen molar-refractivity contribution in [1.29, 1.82) is 0 Å². The number of nitro groups is 1. The number of anilines is 1. The Balaban J connectivity index is 2.09. The van der Waals surface area contributed by atoms with Crippen LogP contribution in [-0.2, 0) is 0 Å². The topological polar surface area (TPSA) is 62.5 Å². The molecular formula is C12H17ClN4O2. The largest absolute Gasteiger partial charge is 0.355 e. The highest BCUT2D eigenvalue weighted by Crippen LogP contribution is 2.30. The molecule has 1 fully saturated rings. The van der Waals surface area contributed by atoms with Gasteiger partial charge in [0.2, 0.25) is 0 Å². The first-order chi connectivity index (χ1) is 8.97. The number of pyridine rings is 1. The van der Waals surface area contributed by atoms with Crippen molar-refractivity contribution in [2.75, 3.05) is 38.6 Å². The first-order valence-electron chi connectivity index (χ1n) is 6.17. The lowest BCUT2D eigenvalue weighted by Gasteiger charge is -2.19. The third-order valence-corrected chi connectivity index (χ3v) is 3.51. The molecule has 0 aliphatic carbocycles. The van der Waals surface area contributed by atoms with E-state index in [4.69, 9.17) is 11.6 Å². The molecule has 0 aromatic carbocycles. The van der Waals surface area contributed by atoms with Gasteiger partial charge in [0.1, 0.15) is 12.0 Å². The molecule has 1 saturated heterocycles. The van der Waals surface area contributed by atoms with E-state index in [0.717, 1.165) is 26.1 Å². The van der Waals surface area contributed by atoms with Crippen LogP contribution in [0.1, 0.15) is 6.42 Å². The van der Waals surface area contributed by atoms with Crippen LogP contribution in [0.2, 0.25) is 5.02 Å². The molecule has 2 rings (SSSR count). The smallest absolute Gasteiger partial charge is 0.289 e. The van der Waals surface area contributed by atoms with Crippen LogP contribution >= 0.6 is 11.6 Å². The molecule has 2 heterocycles. The Labute approximate surface area is 117 Å². The molecule has 7 heteroatoms. The summed E-state index contributed by atoms with van der Waals surface area (Å²) in [7, 11) is 4.11. The summed E-state index contributed by atoms with van der Waals surface area (Å²) < 4.78 is 0.